The zero-order chi connectivity index (χ0) is 0. The van der Waals surface area contributed by atoms with E-state index in [4.69, 9.17) is 0 Å². The maximum Gasteiger partial charge on any atom is 3.00 e. The van der Waals surface area contributed by atoms with Crippen LogP contribution in [0.25, 0.3) is 0 Å². The van der Waals surface area contributed by atoms with Gasteiger partial charge < -0.3 is 35.9 Å². The molecule has 0 aromatic rings. The Hall–Kier alpha value is 2.50. The number of hydrogen-bond acceptors (Lipinski definition) is 0. The summed E-state index contributed by atoms with van der Waals surface area (Å²) in [5.41, 5.74) is 0. The maximum atomic E-state index is 0. The second-order valence-corrected chi connectivity index (χ2v) is 0. The van der Waals surface area contributed by atoms with Crippen molar-refractivity contribution in [1.82, 2.24) is 0 Å². The first-order valence-corrected chi connectivity index (χ1v) is 0. The molecule has 0 N–H and O–H groups in total. The molecular weight excluding hydrogens is 275 g/mol. The van der Waals surface area contributed by atoms with Crippen LogP contribution in [-0.4, -0.2) is 84.0 Å². The molecule has 0 saturated carbocycles. The molecule has 0 aromatic heterocycles. The van der Waals surface area contributed by atoms with Gasteiger partial charge in [-0.3, -0.25) is 0 Å². The van der Waals surface area contributed by atoms with E-state index in [1.165, 1.54) is 0 Å². The van der Waals surface area contributed by atoms with E-state index < -0.39 is 0 Å². The molecule has 0 spiro atoms. The molecule has 0 radical (unpaired) electrons. The Morgan fingerprint density at radius 3 is 0.800 bits per heavy atom. The minimum atomic E-state index is 0. The third-order valence-corrected chi connectivity index (χ3v) is 0. The average molecular weight is 279 g/mol. The molecule has 5 heavy (non-hydrogen) atoms. The van der Waals surface area contributed by atoms with Gasteiger partial charge in [-0.05, 0) is 11.0 Å². The fraction of sp³-hybridized carbons (Fsp3) is 0. The van der Waals surface area contributed by atoms with E-state index in [-0.39, 0.29) is 84.0 Å². The largest absolute Gasteiger partial charge is 3.00 e. The Kier molecular flexibility index (Phi) is 318. The molecule has 0 atom stereocenters. The molecule has 0 aliphatic rings. The van der Waals surface area contributed by atoms with Crippen molar-refractivity contribution in [2.24, 2.45) is 0 Å². The summed E-state index contributed by atoms with van der Waals surface area (Å²) in [6, 6.07) is 0. The fourth-order valence-corrected chi connectivity index (χ4v) is 0. The third-order valence-electron chi connectivity index (χ3n) is 0. The molecule has 0 fully saturated rings. The zero-order valence-electron chi connectivity index (χ0n) is 2.05. The van der Waals surface area contributed by atoms with Crippen LogP contribution in [0, 0.1) is 0 Å². The molecule has 0 bridgehead atoms. The van der Waals surface area contributed by atoms with Crippen molar-refractivity contribution in [1.29, 1.82) is 0 Å². The van der Waals surface area contributed by atoms with E-state index in [1.807, 2.05) is 0 Å². The maximum absolute atomic E-state index is 0. The zero-order valence-corrected chi connectivity index (χ0v) is 9.38. The first-order chi connectivity index (χ1) is 0. The van der Waals surface area contributed by atoms with Gasteiger partial charge in [-0.1, -0.05) is 0 Å². The van der Waals surface area contributed by atoms with Crippen molar-refractivity contribution in [3.8, 4) is 0 Å². The van der Waals surface area contributed by atoms with Crippen LogP contribution in [0.4, 0.5) is 0 Å². The van der Waals surface area contributed by atoms with Crippen LogP contribution < -0.4 is 0 Å². The molecule has 5 heteroatoms. The van der Waals surface area contributed by atoms with Crippen molar-refractivity contribution < 1.29 is 0 Å². The van der Waals surface area contributed by atoms with Crippen LogP contribution in [0.1, 0.15) is 0 Å². The Bertz CT molecular complexity index is 9.61. The van der Waals surface area contributed by atoms with Crippen molar-refractivity contribution in [3.05, 3.63) is 0 Å². The third kappa shape index (κ3) is 21.0. The topological polar surface area (TPSA) is 0 Å². The van der Waals surface area contributed by atoms with Crippen LogP contribution in [0.5, 0.6) is 0 Å². The smallest absolute Gasteiger partial charge is 3.00 e. The first kappa shape index (κ1) is 50.7. The van der Waals surface area contributed by atoms with E-state index in [0.29, 0.717) is 0 Å². The predicted octanol–water partition coefficient (Wildman–Crippen LogP) is -2.97. The Morgan fingerprint density at radius 2 is 0.800 bits per heavy atom. The second kappa shape index (κ2) is 31.4. The van der Waals surface area contributed by atoms with Gasteiger partial charge in [0.15, 0.2) is 0 Å². The average Bonchev–Trinajstić information content (AvgIpc) is 0. The van der Waals surface area contributed by atoms with Gasteiger partial charge in [0.25, 0.3) is 0 Å². The van der Waals surface area contributed by atoms with E-state index in [1.54, 1.807) is 0 Å². The fourth-order valence-electron chi connectivity index (χ4n) is 0. The molecular formula is H4AlAs2GaSi. The Morgan fingerprint density at radius 1 is 0.800 bits per heavy atom. The summed E-state index contributed by atoms with van der Waals surface area (Å²) in [6.45, 7) is 0. The first-order valence-electron chi connectivity index (χ1n) is 0. The standard InChI is InChI=1S/Al.2As.Ga.H4Si/h;;;;1H4/q+3;2*-3;+3;. The Balaban J connectivity index is 0. The van der Waals surface area contributed by atoms with Gasteiger partial charge in [-0.25, -0.2) is 0 Å². The molecule has 0 rings (SSSR count). The molecule has 0 amide bonds. The van der Waals surface area contributed by atoms with Crippen molar-refractivity contribution in [2.75, 3.05) is 0 Å². The predicted molar refractivity (Wildman–Crippen MR) is 34.4 cm³/mol. The molecule has 24 valence electrons. The summed E-state index contributed by atoms with van der Waals surface area (Å²) in [7, 11) is 0. The molecule has 0 nitrogen and oxygen atoms in total. The minimum absolute atomic E-state index is 0. The summed E-state index contributed by atoms with van der Waals surface area (Å²) in [4.78, 5) is 0. The summed E-state index contributed by atoms with van der Waals surface area (Å²) < 4.78 is 0. The summed E-state index contributed by atoms with van der Waals surface area (Å²) in [5.74, 6) is 0. The number of hydrogen-bond donors (Lipinski definition) is 0. The molecule has 0 aliphatic carbocycles. The Labute approximate surface area is 83.1 Å². The van der Waals surface area contributed by atoms with Gasteiger partial charge in [-0.15, -0.1) is 0 Å². The van der Waals surface area contributed by atoms with Gasteiger partial charge in [-0.2, -0.15) is 0 Å². The van der Waals surface area contributed by atoms with Crippen LogP contribution >= 0.6 is 0 Å². The summed E-state index contributed by atoms with van der Waals surface area (Å²) >= 11 is 0. The van der Waals surface area contributed by atoms with Crippen molar-refractivity contribution in [2.45, 2.75) is 0 Å². The van der Waals surface area contributed by atoms with Crippen LogP contribution in [0.15, 0.2) is 0 Å². The van der Waals surface area contributed by atoms with E-state index in [9.17, 15) is 0 Å². The monoisotopic (exact) mass is 278 g/mol. The molecule has 0 heterocycles. The van der Waals surface area contributed by atoms with Gasteiger partial charge in [0.1, 0.15) is 0 Å². The van der Waals surface area contributed by atoms with Gasteiger partial charge in [0.05, 0.1) is 0 Å². The van der Waals surface area contributed by atoms with Gasteiger partial charge >= 0.3 is 37.2 Å². The molecule has 0 aromatic carbocycles. The van der Waals surface area contributed by atoms with Crippen molar-refractivity contribution in [3.63, 3.8) is 0 Å². The molecule has 0 saturated heterocycles. The second-order valence-electron chi connectivity index (χ2n) is 0. The molecule has 0 unspecified atom stereocenters. The van der Waals surface area contributed by atoms with E-state index in [2.05, 4.69) is 0 Å². The molecule has 0 aliphatic heterocycles. The number of rotatable bonds is 0. The van der Waals surface area contributed by atoms with Crippen LogP contribution in [0.3, 0.4) is 0 Å². The van der Waals surface area contributed by atoms with Crippen LogP contribution in [0.2, 0.25) is 0 Å². The SMILES string of the molecule is [Al+3].[As-3].[As-3].[Ga+3].[SiH4]. The normalized spacial score (nSPS) is 0. The van der Waals surface area contributed by atoms with E-state index >= 15 is 0 Å². The van der Waals surface area contributed by atoms with Crippen molar-refractivity contribution >= 4 is 84.0 Å². The summed E-state index contributed by atoms with van der Waals surface area (Å²) in [5, 5.41) is 0. The summed E-state index contributed by atoms with van der Waals surface area (Å²) in [6.07, 6.45) is 0. The van der Waals surface area contributed by atoms with Gasteiger partial charge in [0, 0.05) is 0 Å². The van der Waals surface area contributed by atoms with Gasteiger partial charge in [0.2, 0.25) is 0 Å². The minimum Gasteiger partial charge on any atom is -3.00 e. The van der Waals surface area contributed by atoms with E-state index in [0.717, 1.165) is 0 Å². The quantitative estimate of drug-likeness (QED) is 0.415. The van der Waals surface area contributed by atoms with Crippen LogP contribution in [-0.2, 0) is 0 Å².